The maximum atomic E-state index is 13.6. The molecule has 1 atom stereocenters. The van der Waals surface area contributed by atoms with E-state index in [9.17, 15) is 14.4 Å². The Bertz CT molecular complexity index is 2020. The van der Waals surface area contributed by atoms with Gasteiger partial charge in [0.05, 0.1) is 20.3 Å². The number of oxazole rings is 4. The van der Waals surface area contributed by atoms with Crippen LogP contribution in [0.25, 0.3) is 34.5 Å². The number of esters is 1. The van der Waals surface area contributed by atoms with Gasteiger partial charge >= 0.3 is 12.1 Å². The molecule has 17 heteroatoms. The fourth-order valence-corrected chi connectivity index (χ4v) is 5.37. The van der Waals surface area contributed by atoms with Crippen LogP contribution < -0.4 is 10.6 Å². The first-order chi connectivity index (χ1) is 24.4. The summed E-state index contributed by atoms with van der Waals surface area (Å²) in [7, 11) is -1.06. The van der Waals surface area contributed by atoms with Crippen molar-refractivity contribution >= 4 is 26.3 Å². The number of nitrogens with zero attached hydrogens (tertiary/aromatic N) is 4. The minimum atomic E-state index is -2.31. The first-order valence-corrected chi connectivity index (χ1v) is 19.3. The van der Waals surface area contributed by atoms with Gasteiger partial charge in [-0.3, -0.25) is 4.79 Å². The van der Waals surface area contributed by atoms with Gasteiger partial charge in [0, 0.05) is 5.56 Å². The number of carbonyl (C=O) groups is 3. The molecule has 0 saturated carbocycles. The molecule has 0 fully saturated rings. The molecule has 0 unspecified atom stereocenters. The number of rotatable bonds is 12. The summed E-state index contributed by atoms with van der Waals surface area (Å²) in [6.45, 7) is 15.7. The van der Waals surface area contributed by atoms with E-state index in [4.69, 9.17) is 31.6 Å². The van der Waals surface area contributed by atoms with Crippen molar-refractivity contribution in [2.24, 2.45) is 0 Å². The predicted octanol–water partition coefficient (Wildman–Crippen LogP) is 6.94. The number of ether oxygens (including phenoxy) is 2. The molecule has 4 heterocycles. The van der Waals surface area contributed by atoms with Crippen molar-refractivity contribution in [1.29, 1.82) is 0 Å². The molecule has 52 heavy (non-hydrogen) atoms. The Kier molecular flexibility index (Phi) is 10.9. The molecule has 0 spiro atoms. The Morgan fingerprint density at radius 1 is 0.865 bits per heavy atom. The molecule has 4 aromatic heterocycles. The Hall–Kier alpha value is -5.55. The van der Waals surface area contributed by atoms with Crippen molar-refractivity contribution in [3.63, 3.8) is 0 Å². The molecule has 0 aliphatic heterocycles. The zero-order valence-corrected chi connectivity index (χ0v) is 31.5. The highest BCUT2D eigenvalue weighted by Crippen LogP contribution is 2.37. The summed E-state index contributed by atoms with van der Waals surface area (Å²) >= 11 is 0. The molecule has 276 valence electrons. The van der Waals surface area contributed by atoms with E-state index in [0.29, 0.717) is 5.56 Å². The second-order valence-corrected chi connectivity index (χ2v) is 19.1. The Labute approximate surface area is 300 Å². The monoisotopic (exact) mass is 734 g/mol. The van der Waals surface area contributed by atoms with Crippen LogP contribution in [0.3, 0.4) is 0 Å². The number of methoxy groups -OCH3 is 1. The molecule has 0 saturated heterocycles. The normalized spacial score (nSPS) is 12.7. The average molecular weight is 735 g/mol. The number of alkyl carbamates (subject to hydrolysis) is 1. The van der Waals surface area contributed by atoms with Gasteiger partial charge in [-0.05, 0) is 38.9 Å². The molecule has 0 aliphatic carbocycles. The van der Waals surface area contributed by atoms with E-state index in [1.54, 1.807) is 45.0 Å². The Morgan fingerprint density at radius 3 is 2.19 bits per heavy atom. The van der Waals surface area contributed by atoms with Crippen LogP contribution in [0, 0.1) is 0 Å². The lowest BCUT2D eigenvalue weighted by atomic mass is 10.1. The molecule has 2 N–H and O–H groups in total. The van der Waals surface area contributed by atoms with E-state index >= 15 is 0 Å². The molecule has 0 radical (unpaired) electrons. The highest BCUT2D eigenvalue weighted by molar-refractivity contribution is 6.74. The van der Waals surface area contributed by atoms with Gasteiger partial charge in [0.15, 0.2) is 36.9 Å². The minimum Gasteiger partial charge on any atom is -0.464 e. The quantitative estimate of drug-likeness (QED) is 0.0983. The number of amides is 2. The van der Waals surface area contributed by atoms with Crippen LogP contribution in [-0.2, 0) is 20.4 Å². The number of hydrogen-bond acceptors (Lipinski definition) is 14. The van der Waals surface area contributed by atoms with Crippen LogP contribution in [0.15, 0.2) is 66.8 Å². The van der Waals surface area contributed by atoms with Crippen LogP contribution in [0.1, 0.15) is 80.3 Å². The molecule has 16 nitrogen and oxygen atoms in total. The molecular weight excluding hydrogens is 693 g/mol. The largest absolute Gasteiger partial charge is 0.464 e. The summed E-state index contributed by atoms with van der Waals surface area (Å²) in [5.74, 6) is -0.795. The van der Waals surface area contributed by atoms with Crippen LogP contribution >= 0.6 is 0 Å². The average Bonchev–Trinajstić information content (AvgIpc) is 3.90. The fraction of sp³-hybridized carbons (Fsp3) is 0.400. The summed E-state index contributed by atoms with van der Waals surface area (Å²) in [5.41, 5.74) is 0.279. The summed E-state index contributed by atoms with van der Waals surface area (Å²) in [6.07, 6.45) is 3.16. The number of hydrogen-bond donors (Lipinski definition) is 2. The maximum Gasteiger partial charge on any atom is 0.408 e. The molecule has 0 bridgehead atoms. The number of aromatic nitrogens is 4. The van der Waals surface area contributed by atoms with E-state index in [1.165, 1.54) is 25.9 Å². The van der Waals surface area contributed by atoms with Crippen molar-refractivity contribution in [3.05, 3.63) is 72.3 Å². The smallest absolute Gasteiger partial charge is 0.408 e. The first kappa shape index (κ1) is 37.7. The fourth-order valence-electron chi connectivity index (χ4n) is 4.36. The van der Waals surface area contributed by atoms with Gasteiger partial charge in [0.25, 0.3) is 5.91 Å². The van der Waals surface area contributed by atoms with Crippen molar-refractivity contribution in [1.82, 2.24) is 30.6 Å². The van der Waals surface area contributed by atoms with Gasteiger partial charge in [-0.25, -0.2) is 29.5 Å². The van der Waals surface area contributed by atoms with Gasteiger partial charge in [0.2, 0.25) is 23.6 Å². The summed E-state index contributed by atoms with van der Waals surface area (Å²) < 4.78 is 39.3. The third-order valence-electron chi connectivity index (χ3n) is 8.09. The van der Waals surface area contributed by atoms with Crippen LogP contribution in [-0.4, -0.2) is 65.5 Å². The molecule has 5 rings (SSSR count). The third-order valence-corrected chi connectivity index (χ3v) is 12.6. The topological polar surface area (TPSA) is 207 Å². The molecule has 2 amide bonds. The van der Waals surface area contributed by atoms with Gasteiger partial charge < -0.3 is 42.2 Å². The number of nitrogens with one attached hydrogen (secondary N) is 2. The highest BCUT2D eigenvalue weighted by atomic mass is 28.4. The maximum absolute atomic E-state index is 13.6. The van der Waals surface area contributed by atoms with Crippen molar-refractivity contribution in [2.75, 3.05) is 13.7 Å². The van der Waals surface area contributed by atoms with Crippen molar-refractivity contribution < 1.29 is 46.0 Å². The summed E-state index contributed by atoms with van der Waals surface area (Å²) in [6, 6.07) is 8.05. The van der Waals surface area contributed by atoms with E-state index < -0.39 is 37.9 Å². The summed E-state index contributed by atoms with van der Waals surface area (Å²) in [5, 5.41) is 5.30. The lowest BCUT2D eigenvalue weighted by Crippen LogP contribution is -2.43. The van der Waals surface area contributed by atoms with Crippen LogP contribution in [0.5, 0.6) is 0 Å². The van der Waals surface area contributed by atoms with Crippen molar-refractivity contribution in [3.8, 4) is 34.5 Å². The molecule has 1 aromatic carbocycles. The van der Waals surface area contributed by atoms with Gasteiger partial charge in [-0.2, -0.15) is 0 Å². The lowest BCUT2D eigenvalue weighted by molar-refractivity contribution is 0.0517. The van der Waals surface area contributed by atoms with Crippen LogP contribution in [0.2, 0.25) is 18.1 Å². The molecule has 0 aliphatic rings. The van der Waals surface area contributed by atoms with Gasteiger partial charge in [-0.1, -0.05) is 51.1 Å². The van der Waals surface area contributed by atoms with Gasteiger partial charge in [-0.15, -0.1) is 0 Å². The predicted molar refractivity (Wildman–Crippen MR) is 187 cm³/mol. The van der Waals surface area contributed by atoms with E-state index in [-0.39, 0.29) is 70.3 Å². The minimum absolute atomic E-state index is 0.000000898. The second-order valence-electron chi connectivity index (χ2n) is 14.2. The summed E-state index contributed by atoms with van der Waals surface area (Å²) in [4.78, 5) is 55.7. The van der Waals surface area contributed by atoms with Crippen LogP contribution in [0.4, 0.5) is 4.79 Å². The zero-order valence-electron chi connectivity index (χ0n) is 30.5. The Balaban J connectivity index is 1.34. The van der Waals surface area contributed by atoms with E-state index in [2.05, 4.69) is 64.4 Å². The number of carbonyl (C=O) groups excluding carboxylic acids is 3. The lowest BCUT2D eigenvalue weighted by Gasteiger charge is -2.37. The highest BCUT2D eigenvalue weighted by Gasteiger charge is 2.39. The third kappa shape index (κ3) is 9.02. The SMILES string of the molecule is COC(=O)c1nc([C@H](CO[Si](C)(C)C(C)(C)C)NC(=O)c2coc(-c3coc(-c4coc(CNC(=O)OC(C)(C)C)n4)n3)n2)oc1-c1ccccc1. The van der Waals surface area contributed by atoms with E-state index in [0.717, 1.165) is 0 Å². The zero-order chi connectivity index (χ0) is 37.8. The second kappa shape index (κ2) is 15.0. The number of benzene rings is 1. The molecular formula is C35H42N6O10Si. The van der Waals surface area contributed by atoms with Gasteiger partial charge in [0.1, 0.15) is 30.4 Å². The van der Waals surface area contributed by atoms with Crippen molar-refractivity contribution in [2.45, 2.75) is 77.9 Å². The Morgan fingerprint density at radius 2 is 1.52 bits per heavy atom. The molecule has 5 aromatic rings. The first-order valence-electron chi connectivity index (χ1n) is 16.4. The van der Waals surface area contributed by atoms with E-state index in [1.807, 2.05) is 6.07 Å². The standard InChI is InChI=1S/C35H42N6O10Si/c1-34(2,3)51-33(44)36-15-25-37-22(17-46-25)29-40-23(18-48-29)30-39-21(16-47-30)28(42)38-24(19-49-52(8,9)35(4,5)6)31-41-26(32(43)45-7)27(50-31)20-13-11-10-12-14-20/h10-14,16-18,24H,15,19H2,1-9H3,(H,36,44)(H,38,42)/t24-/m0/s1.